The number of nitrogens with one attached hydrogen (secondary N) is 2. The molecule has 2 aliphatic carbocycles. The van der Waals surface area contributed by atoms with Gasteiger partial charge in [0.15, 0.2) is 27.9 Å². The highest BCUT2D eigenvalue weighted by molar-refractivity contribution is 7.99. The number of ether oxygens (including phenoxy) is 2. The van der Waals surface area contributed by atoms with Crippen LogP contribution in [0.3, 0.4) is 0 Å². The summed E-state index contributed by atoms with van der Waals surface area (Å²) < 4.78 is 13.9. The Labute approximate surface area is 225 Å². The van der Waals surface area contributed by atoms with Crippen molar-refractivity contribution in [1.29, 1.82) is 0 Å². The molecule has 1 aliphatic heterocycles. The molecule has 6 rings (SSSR count). The molecular formula is C26H33N7O4S. The molecule has 3 N–H and O–H groups in total. The fourth-order valence-corrected chi connectivity index (χ4v) is 6.20. The van der Waals surface area contributed by atoms with Gasteiger partial charge in [-0.2, -0.15) is 0 Å². The minimum absolute atomic E-state index is 0.0876. The second kappa shape index (κ2) is 9.74. The molecule has 0 spiro atoms. The van der Waals surface area contributed by atoms with Gasteiger partial charge in [-0.05, 0) is 44.4 Å². The Morgan fingerprint density at radius 1 is 1.24 bits per heavy atom. The van der Waals surface area contributed by atoms with E-state index in [1.807, 2.05) is 32.0 Å². The molecule has 1 saturated heterocycles. The van der Waals surface area contributed by atoms with Gasteiger partial charge in [0.05, 0.1) is 12.1 Å². The number of aliphatic hydroxyl groups excluding tert-OH is 1. The van der Waals surface area contributed by atoms with Crippen molar-refractivity contribution >= 4 is 40.3 Å². The highest BCUT2D eigenvalue weighted by Crippen LogP contribution is 2.46. The van der Waals surface area contributed by atoms with E-state index in [1.54, 1.807) is 16.4 Å². The maximum Gasteiger partial charge on any atom is 0.221 e. The summed E-state index contributed by atoms with van der Waals surface area (Å²) in [5.74, 6) is 0.993. The first-order valence-corrected chi connectivity index (χ1v) is 14.1. The molecule has 1 amide bonds. The predicted molar refractivity (Wildman–Crippen MR) is 143 cm³/mol. The first-order valence-electron chi connectivity index (χ1n) is 13.2. The molecule has 6 unspecified atom stereocenters. The van der Waals surface area contributed by atoms with Gasteiger partial charge in [-0.3, -0.25) is 4.79 Å². The largest absolute Gasteiger partial charge is 0.390 e. The van der Waals surface area contributed by atoms with Gasteiger partial charge in [0.1, 0.15) is 12.2 Å². The number of hydrogen-bond acceptors (Lipinski definition) is 10. The SMILES string of the molecule is CCCSc1nc(NC2CC2c2cccc(NC(C)=O)c2)c2nnn(C3CC(O)C4OC(C)(C)OC43)c2n1. The summed E-state index contributed by atoms with van der Waals surface area (Å²) in [5, 5.41) is 26.7. The molecule has 3 aromatic rings. The number of aliphatic hydroxyl groups is 1. The summed E-state index contributed by atoms with van der Waals surface area (Å²) in [6.45, 7) is 7.35. The molecule has 3 fully saturated rings. The van der Waals surface area contributed by atoms with E-state index in [2.05, 4.69) is 33.9 Å². The molecule has 11 nitrogen and oxygen atoms in total. The lowest BCUT2D eigenvalue weighted by molar-refractivity contribution is -0.165. The van der Waals surface area contributed by atoms with Crippen molar-refractivity contribution in [1.82, 2.24) is 25.0 Å². The number of carbonyl (C=O) groups excluding carboxylic acids is 1. The van der Waals surface area contributed by atoms with Crippen LogP contribution in [0.25, 0.3) is 11.2 Å². The van der Waals surface area contributed by atoms with Crippen LogP contribution in [-0.4, -0.2) is 71.9 Å². The van der Waals surface area contributed by atoms with Crippen LogP contribution in [0.5, 0.6) is 0 Å². The Hall–Kier alpha value is -2.80. The van der Waals surface area contributed by atoms with Crippen LogP contribution in [-0.2, 0) is 14.3 Å². The zero-order valence-electron chi connectivity index (χ0n) is 21.9. The monoisotopic (exact) mass is 539 g/mol. The van der Waals surface area contributed by atoms with Crippen molar-refractivity contribution in [3.8, 4) is 0 Å². The summed E-state index contributed by atoms with van der Waals surface area (Å²) in [5.41, 5.74) is 3.18. The Morgan fingerprint density at radius 3 is 2.84 bits per heavy atom. The number of rotatable bonds is 8. The van der Waals surface area contributed by atoms with E-state index in [0.717, 1.165) is 29.8 Å². The van der Waals surface area contributed by atoms with Crippen LogP contribution in [0, 0.1) is 0 Å². The maximum absolute atomic E-state index is 11.5. The predicted octanol–water partition coefficient (Wildman–Crippen LogP) is 3.48. The lowest BCUT2D eigenvalue weighted by Crippen LogP contribution is -2.29. The average molecular weight is 540 g/mol. The summed E-state index contributed by atoms with van der Waals surface area (Å²) in [7, 11) is 0. The molecule has 12 heteroatoms. The standard InChI is InChI=1S/C26H33N7O4S/c1-5-9-38-25-29-23(28-17-11-16(17)14-7-6-8-15(10-14)27-13(2)34)20-24(30-25)33(32-31-20)18-12-19(35)22-21(18)36-26(3,4)37-22/h6-8,10,16-19,21-22,35H,5,9,11-12H2,1-4H3,(H,27,34)(H,28,29,30). The normalized spacial score (nSPS) is 29.4. The Bertz CT molecular complexity index is 1360. The molecule has 2 aromatic heterocycles. The average Bonchev–Trinajstić information content (AvgIpc) is 3.23. The van der Waals surface area contributed by atoms with E-state index in [9.17, 15) is 9.90 Å². The molecule has 3 aliphatic rings. The van der Waals surface area contributed by atoms with Crippen LogP contribution < -0.4 is 10.6 Å². The maximum atomic E-state index is 11.5. The number of aromatic nitrogens is 5. The highest BCUT2D eigenvalue weighted by Gasteiger charge is 2.55. The number of thioether (sulfide) groups is 1. The minimum Gasteiger partial charge on any atom is -0.390 e. The topological polar surface area (TPSA) is 136 Å². The fourth-order valence-electron chi connectivity index (χ4n) is 5.51. The van der Waals surface area contributed by atoms with Crippen molar-refractivity contribution in [2.24, 2.45) is 0 Å². The third kappa shape index (κ3) is 4.86. The number of carbonyl (C=O) groups is 1. The summed E-state index contributed by atoms with van der Waals surface area (Å²) in [6.07, 6.45) is 0.985. The quantitative estimate of drug-likeness (QED) is 0.288. The Morgan fingerprint density at radius 2 is 2.05 bits per heavy atom. The molecular weight excluding hydrogens is 506 g/mol. The molecule has 202 valence electrons. The van der Waals surface area contributed by atoms with Crippen LogP contribution in [0.2, 0.25) is 0 Å². The van der Waals surface area contributed by atoms with E-state index in [-0.39, 0.29) is 24.1 Å². The van der Waals surface area contributed by atoms with Crippen molar-refractivity contribution in [3.05, 3.63) is 29.8 Å². The fraction of sp³-hybridized carbons (Fsp3) is 0.577. The molecule has 38 heavy (non-hydrogen) atoms. The van der Waals surface area contributed by atoms with Gasteiger partial charge >= 0.3 is 0 Å². The van der Waals surface area contributed by atoms with Gasteiger partial charge in [0.25, 0.3) is 0 Å². The lowest BCUT2D eigenvalue weighted by Gasteiger charge is -2.22. The van der Waals surface area contributed by atoms with E-state index in [4.69, 9.17) is 19.4 Å². The van der Waals surface area contributed by atoms with Crippen LogP contribution in [0.1, 0.15) is 64.5 Å². The molecule has 0 radical (unpaired) electrons. The highest BCUT2D eigenvalue weighted by atomic mass is 32.2. The third-order valence-electron chi connectivity index (χ3n) is 7.21. The van der Waals surface area contributed by atoms with Gasteiger partial charge in [0, 0.05) is 36.7 Å². The van der Waals surface area contributed by atoms with Gasteiger partial charge in [-0.25, -0.2) is 14.6 Å². The van der Waals surface area contributed by atoms with Gasteiger partial charge in [0.2, 0.25) is 5.91 Å². The van der Waals surface area contributed by atoms with Crippen molar-refractivity contribution < 1.29 is 19.4 Å². The van der Waals surface area contributed by atoms with Crippen molar-refractivity contribution in [2.45, 2.75) is 94.2 Å². The summed E-state index contributed by atoms with van der Waals surface area (Å²) in [6, 6.07) is 7.89. The second-order valence-corrected chi connectivity index (χ2v) is 11.8. The van der Waals surface area contributed by atoms with Crippen molar-refractivity contribution in [3.63, 3.8) is 0 Å². The number of nitrogens with zero attached hydrogens (tertiary/aromatic N) is 5. The van der Waals surface area contributed by atoms with E-state index in [0.29, 0.717) is 34.5 Å². The van der Waals surface area contributed by atoms with Crippen LogP contribution in [0.4, 0.5) is 11.5 Å². The zero-order valence-corrected chi connectivity index (χ0v) is 22.7. The molecule has 3 heterocycles. The lowest BCUT2D eigenvalue weighted by atomic mass is 10.1. The number of hydrogen-bond donors (Lipinski definition) is 3. The van der Waals surface area contributed by atoms with E-state index < -0.39 is 18.0 Å². The third-order valence-corrected chi connectivity index (χ3v) is 8.26. The van der Waals surface area contributed by atoms with Gasteiger partial charge in [-0.1, -0.05) is 36.0 Å². The Balaban J connectivity index is 1.29. The van der Waals surface area contributed by atoms with Crippen LogP contribution >= 0.6 is 11.8 Å². The van der Waals surface area contributed by atoms with Crippen LogP contribution in [0.15, 0.2) is 29.4 Å². The first kappa shape index (κ1) is 25.5. The van der Waals surface area contributed by atoms with E-state index in [1.165, 1.54) is 6.92 Å². The molecule has 0 bridgehead atoms. The number of fused-ring (bicyclic) bond motifs is 2. The molecule has 1 aromatic carbocycles. The first-order chi connectivity index (χ1) is 18.2. The minimum atomic E-state index is -0.770. The smallest absolute Gasteiger partial charge is 0.221 e. The van der Waals surface area contributed by atoms with E-state index >= 15 is 0 Å². The number of amides is 1. The van der Waals surface area contributed by atoms with Gasteiger partial charge < -0.3 is 25.2 Å². The number of anilines is 2. The molecule has 6 atom stereocenters. The summed E-state index contributed by atoms with van der Waals surface area (Å²) in [4.78, 5) is 21.1. The number of benzene rings is 1. The second-order valence-electron chi connectivity index (χ2n) is 10.7. The zero-order chi connectivity index (χ0) is 26.6. The molecule has 2 saturated carbocycles. The Kier molecular flexibility index (Phi) is 6.53. The van der Waals surface area contributed by atoms with Gasteiger partial charge in [-0.15, -0.1) is 5.10 Å². The van der Waals surface area contributed by atoms with Crippen molar-refractivity contribution in [2.75, 3.05) is 16.4 Å². The summed E-state index contributed by atoms with van der Waals surface area (Å²) >= 11 is 1.60.